The molecule has 1 aromatic rings. The molecule has 0 bridgehead atoms. The van der Waals surface area contributed by atoms with Crippen LogP contribution in [-0.2, 0) is 6.54 Å². The second kappa shape index (κ2) is 5.13. The molecule has 16 heavy (non-hydrogen) atoms. The normalized spacial score (nSPS) is 22.3. The number of halogens is 2. The molecular formula is C12H15ClFNO. The molecule has 1 atom stereocenters. The van der Waals surface area contributed by atoms with Crippen molar-refractivity contribution in [3.63, 3.8) is 0 Å². The molecule has 4 heteroatoms. The quantitative estimate of drug-likeness (QED) is 0.863. The molecule has 1 fully saturated rings. The van der Waals surface area contributed by atoms with Gasteiger partial charge in [-0.1, -0.05) is 17.7 Å². The number of likely N-dealkylation sites (tertiary alicyclic amines) is 1. The van der Waals surface area contributed by atoms with Crippen LogP contribution in [0.25, 0.3) is 0 Å². The Kier molecular flexibility index (Phi) is 3.79. The Morgan fingerprint density at radius 3 is 3.00 bits per heavy atom. The topological polar surface area (TPSA) is 23.5 Å². The molecule has 0 unspecified atom stereocenters. The summed E-state index contributed by atoms with van der Waals surface area (Å²) in [7, 11) is 0. The van der Waals surface area contributed by atoms with Crippen LogP contribution in [0.15, 0.2) is 18.2 Å². The predicted octanol–water partition coefficient (Wildman–Crippen LogP) is 2.44. The zero-order valence-electron chi connectivity index (χ0n) is 9.00. The van der Waals surface area contributed by atoms with Crippen LogP contribution in [0.1, 0.15) is 18.4 Å². The lowest BCUT2D eigenvalue weighted by Crippen LogP contribution is -2.37. The number of β-amino-alcohol motifs (C(OH)–C–C–N with tert-alkyl or cyclic N) is 1. The highest BCUT2D eigenvalue weighted by Crippen LogP contribution is 2.18. The summed E-state index contributed by atoms with van der Waals surface area (Å²) in [5.41, 5.74) is 0.899. The first kappa shape index (κ1) is 11.8. The smallest absolute Gasteiger partial charge is 0.142 e. The number of hydrogen-bond donors (Lipinski definition) is 1. The lowest BCUT2D eigenvalue weighted by atomic mass is 10.1. The first-order valence-corrected chi connectivity index (χ1v) is 5.87. The van der Waals surface area contributed by atoms with Gasteiger partial charge in [0.2, 0.25) is 0 Å². The number of aliphatic hydroxyl groups is 1. The standard InChI is InChI=1S/C12H15ClFNO/c13-11-4-3-9(6-12(11)14)7-15-5-1-2-10(16)8-15/h3-4,6,10,16H,1-2,5,7-8H2/t10-/m1/s1. The van der Waals surface area contributed by atoms with Crippen LogP contribution < -0.4 is 0 Å². The minimum atomic E-state index is -0.378. The van der Waals surface area contributed by atoms with Crippen molar-refractivity contribution in [3.8, 4) is 0 Å². The minimum absolute atomic E-state index is 0.155. The van der Waals surface area contributed by atoms with Crippen molar-refractivity contribution in [2.75, 3.05) is 13.1 Å². The summed E-state index contributed by atoms with van der Waals surface area (Å²) < 4.78 is 13.2. The molecule has 0 amide bonds. The van der Waals surface area contributed by atoms with Crippen molar-refractivity contribution in [3.05, 3.63) is 34.6 Å². The number of benzene rings is 1. The van der Waals surface area contributed by atoms with Gasteiger partial charge in [-0.2, -0.15) is 0 Å². The lowest BCUT2D eigenvalue weighted by Gasteiger charge is -2.29. The molecule has 0 aromatic heterocycles. The Bertz CT molecular complexity index is 372. The van der Waals surface area contributed by atoms with Gasteiger partial charge in [0, 0.05) is 13.1 Å². The van der Waals surface area contributed by atoms with Crippen LogP contribution in [0.5, 0.6) is 0 Å². The summed E-state index contributed by atoms with van der Waals surface area (Å²) in [5, 5.41) is 9.67. The summed E-state index contributed by atoms with van der Waals surface area (Å²) in [6.45, 7) is 2.30. The average Bonchev–Trinajstić information content (AvgIpc) is 2.24. The van der Waals surface area contributed by atoms with E-state index in [2.05, 4.69) is 4.90 Å². The highest BCUT2D eigenvalue weighted by atomic mass is 35.5. The van der Waals surface area contributed by atoms with E-state index in [9.17, 15) is 9.50 Å². The summed E-state index contributed by atoms with van der Waals surface area (Å²) in [6.07, 6.45) is 1.62. The van der Waals surface area contributed by atoms with Crippen LogP contribution in [0.4, 0.5) is 4.39 Å². The van der Waals surface area contributed by atoms with Gasteiger partial charge in [0.15, 0.2) is 0 Å². The van der Waals surface area contributed by atoms with Crippen LogP contribution in [0.2, 0.25) is 5.02 Å². The summed E-state index contributed by atoms with van der Waals surface area (Å²) >= 11 is 5.62. The molecule has 0 aliphatic carbocycles. The molecule has 1 N–H and O–H groups in total. The molecule has 88 valence electrons. The van der Waals surface area contributed by atoms with Gasteiger partial charge in [-0.25, -0.2) is 4.39 Å². The van der Waals surface area contributed by atoms with E-state index in [4.69, 9.17) is 11.6 Å². The van der Waals surface area contributed by atoms with E-state index >= 15 is 0 Å². The number of hydrogen-bond acceptors (Lipinski definition) is 2. The van der Waals surface area contributed by atoms with Crippen molar-refractivity contribution in [2.45, 2.75) is 25.5 Å². The van der Waals surface area contributed by atoms with E-state index in [-0.39, 0.29) is 16.9 Å². The zero-order chi connectivity index (χ0) is 11.5. The molecular weight excluding hydrogens is 229 g/mol. The van der Waals surface area contributed by atoms with E-state index in [0.29, 0.717) is 13.1 Å². The molecule has 1 heterocycles. The SMILES string of the molecule is O[C@@H]1CCCN(Cc2ccc(Cl)c(F)c2)C1. The maximum Gasteiger partial charge on any atom is 0.142 e. The Hall–Kier alpha value is -0.640. The maximum atomic E-state index is 13.2. The molecule has 1 aliphatic heterocycles. The first-order chi connectivity index (χ1) is 7.65. The molecule has 2 rings (SSSR count). The van der Waals surface area contributed by atoms with Gasteiger partial charge in [-0.3, -0.25) is 4.90 Å². The zero-order valence-corrected chi connectivity index (χ0v) is 9.75. The summed E-state index contributed by atoms with van der Waals surface area (Å²) in [6, 6.07) is 4.86. The van der Waals surface area contributed by atoms with Crippen molar-refractivity contribution in [2.24, 2.45) is 0 Å². The number of piperidine rings is 1. The van der Waals surface area contributed by atoms with Crippen molar-refractivity contribution < 1.29 is 9.50 Å². The first-order valence-electron chi connectivity index (χ1n) is 5.49. The molecule has 0 spiro atoms. The highest BCUT2D eigenvalue weighted by Gasteiger charge is 2.17. The van der Waals surface area contributed by atoms with Crippen molar-refractivity contribution in [1.29, 1.82) is 0 Å². The highest BCUT2D eigenvalue weighted by molar-refractivity contribution is 6.30. The number of nitrogens with zero attached hydrogens (tertiary/aromatic N) is 1. The number of aliphatic hydroxyl groups excluding tert-OH is 1. The third-order valence-electron chi connectivity index (χ3n) is 2.87. The van der Waals surface area contributed by atoms with Gasteiger partial charge in [-0.05, 0) is 37.1 Å². The van der Waals surface area contributed by atoms with E-state index in [1.807, 2.05) is 6.07 Å². The third kappa shape index (κ3) is 2.94. The second-order valence-electron chi connectivity index (χ2n) is 4.28. The molecule has 0 saturated carbocycles. The van der Waals surface area contributed by atoms with Gasteiger partial charge >= 0.3 is 0 Å². The van der Waals surface area contributed by atoms with E-state index in [0.717, 1.165) is 24.9 Å². The van der Waals surface area contributed by atoms with Crippen LogP contribution in [0.3, 0.4) is 0 Å². The van der Waals surface area contributed by atoms with Crippen LogP contribution in [-0.4, -0.2) is 29.2 Å². The average molecular weight is 244 g/mol. The minimum Gasteiger partial charge on any atom is -0.392 e. The van der Waals surface area contributed by atoms with E-state index in [1.54, 1.807) is 6.07 Å². The molecule has 0 radical (unpaired) electrons. The Balaban J connectivity index is 2.00. The van der Waals surface area contributed by atoms with Gasteiger partial charge in [0.25, 0.3) is 0 Å². The largest absolute Gasteiger partial charge is 0.392 e. The Morgan fingerprint density at radius 1 is 1.50 bits per heavy atom. The lowest BCUT2D eigenvalue weighted by molar-refractivity contribution is 0.0668. The summed E-state index contributed by atoms with van der Waals surface area (Å²) in [4.78, 5) is 2.14. The van der Waals surface area contributed by atoms with Gasteiger partial charge in [0.05, 0.1) is 11.1 Å². The van der Waals surface area contributed by atoms with Crippen molar-refractivity contribution >= 4 is 11.6 Å². The maximum absolute atomic E-state index is 13.2. The molecule has 1 aromatic carbocycles. The van der Waals surface area contributed by atoms with Crippen molar-refractivity contribution in [1.82, 2.24) is 4.90 Å². The molecule has 2 nitrogen and oxygen atoms in total. The number of rotatable bonds is 2. The fourth-order valence-corrected chi connectivity index (χ4v) is 2.19. The van der Waals surface area contributed by atoms with E-state index < -0.39 is 0 Å². The monoisotopic (exact) mass is 243 g/mol. The van der Waals surface area contributed by atoms with E-state index in [1.165, 1.54) is 6.07 Å². The summed E-state index contributed by atoms with van der Waals surface area (Å²) in [5.74, 6) is -0.378. The fourth-order valence-electron chi connectivity index (χ4n) is 2.07. The van der Waals surface area contributed by atoms with Crippen LogP contribution in [0, 0.1) is 5.82 Å². The Labute approximate surface area is 99.6 Å². The predicted molar refractivity (Wildman–Crippen MR) is 61.9 cm³/mol. The Morgan fingerprint density at radius 2 is 2.31 bits per heavy atom. The van der Waals surface area contributed by atoms with Gasteiger partial charge < -0.3 is 5.11 Å². The van der Waals surface area contributed by atoms with Gasteiger partial charge in [0.1, 0.15) is 5.82 Å². The van der Waals surface area contributed by atoms with Crippen LogP contribution >= 0.6 is 11.6 Å². The molecule has 1 aliphatic rings. The van der Waals surface area contributed by atoms with Gasteiger partial charge in [-0.15, -0.1) is 0 Å². The second-order valence-corrected chi connectivity index (χ2v) is 4.69. The molecule has 1 saturated heterocycles. The third-order valence-corrected chi connectivity index (χ3v) is 3.18. The fraction of sp³-hybridized carbons (Fsp3) is 0.500.